The van der Waals surface area contributed by atoms with Crippen LogP contribution in [0.15, 0.2) is 60.0 Å². The zero-order valence-electron chi connectivity index (χ0n) is 16.2. The molecule has 1 heterocycles. The second-order valence-corrected chi connectivity index (χ2v) is 7.18. The molecule has 0 bridgehead atoms. The van der Waals surface area contributed by atoms with Crippen molar-refractivity contribution in [1.82, 2.24) is 4.90 Å². The number of carbonyl (C=O) groups is 1. The lowest BCUT2D eigenvalue weighted by molar-refractivity contribution is -0.131. The molecule has 1 aromatic carbocycles. The molecule has 0 spiro atoms. The predicted molar refractivity (Wildman–Crippen MR) is 114 cm³/mol. The van der Waals surface area contributed by atoms with Crippen molar-refractivity contribution in [3.63, 3.8) is 0 Å². The summed E-state index contributed by atoms with van der Waals surface area (Å²) in [6, 6.07) is 6.29. The summed E-state index contributed by atoms with van der Waals surface area (Å²) >= 11 is 6.20. The standard InChI is InChI=1S/C22H27ClN2O3/c1-3-24-9-6-21(4-5-22(26)27)28-13-12-25-10-7-18(8-11-25)19-14-17(2)15-20(23)16-19/h3-6,9,14-16,18H,1,7-8,10-13H2,2H3,(H,26,27)/b5-4+,21-6+,24-9?. The van der Waals surface area contributed by atoms with Gasteiger partial charge in [-0.1, -0.05) is 24.2 Å². The van der Waals surface area contributed by atoms with Gasteiger partial charge in [-0.15, -0.1) is 0 Å². The van der Waals surface area contributed by atoms with Crippen molar-refractivity contribution >= 4 is 23.8 Å². The first kappa shape index (κ1) is 21.9. The van der Waals surface area contributed by atoms with Gasteiger partial charge in [0.25, 0.3) is 0 Å². The van der Waals surface area contributed by atoms with Crippen LogP contribution in [-0.2, 0) is 9.53 Å². The van der Waals surface area contributed by atoms with Gasteiger partial charge in [0.2, 0.25) is 0 Å². The number of ether oxygens (including phenoxy) is 1. The highest BCUT2D eigenvalue weighted by atomic mass is 35.5. The predicted octanol–water partition coefficient (Wildman–Crippen LogP) is 4.58. The fourth-order valence-corrected chi connectivity index (χ4v) is 3.56. The molecule has 1 N–H and O–H groups in total. The van der Waals surface area contributed by atoms with Crippen molar-refractivity contribution in [2.75, 3.05) is 26.2 Å². The molecule has 0 unspecified atom stereocenters. The molecule has 5 nitrogen and oxygen atoms in total. The molecule has 6 heteroatoms. The van der Waals surface area contributed by atoms with E-state index in [1.807, 2.05) is 6.07 Å². The van der Waals surface area contributed by atoms with Crippen LogP contribution in [0.1, 0.15) is 29.9 Å². The van der Waals surface area contributed by atoms with Crippen LogP contribution < -0.4 is 0 Å². The number of likely N-dealkylation sites (tertiary alicyclic amines) is 1. The number of benzene rings is 1. The van der Waals surface area contributed by atoms with Crippen LogP contribution in [0.25, 0.3) is 0 Å². The van der Waals surface area contributed by atoms with Crippen molar-refractivity contribution in [2.45, 2.75) is 25.7 Å². The summed E-state index contributed by atoms with van der Waals surface area (Å²) in [5, 5.41) is 9.59. The van der Waals surface area contributed by atoms with E-state index in [1.165, 1.54) is 29.6 Å². The number of rotatable bonds is 9. The van der Waals surface area contributed by atoms with Crippen LogP contribution in [0, 0.1) is 6.92 Å². The van der Waals surface area contributed by atoms with E-state index in [0.717, 1.165) is 43.6 Å². The molecule has 0 amide bonds. The van der Waals surface area contributed by atoms with Gasteiger partial charge in [-0.2, -0.15) is 0 Å². The number of aliphatic imine (C=N–C) groups is 1. The fraction of sp³-hybridized carbons (Fsp3) is 0.364. The Morgan fingerprint density at radius 3 is 2.75 bits per heavy atom. The molecular formula is C22H27ClN2O3. The molecule has 0 atom stereocenters. The first-order chi connectivity index (χ1) is 13.5. The quantitative estimate of drug-likeness (QED) is 0.284. The summed E-state index contributed by atoms with van der Waals surface area (Å²) in [5.74, 6) is -0.0237. The van der Waals surface area contributed by atoms with Crippen LogP contribution in [0.4, 0.5) is 0 Å². The van der Waals surface area contributed by atoms with Gasteiger partial charge in [0.05, 0.1) is 0 Å². The molecule has 0 saturated carbocycles. The highest BCUT2D eigenvalue weighted by molar-refractivity contribution is 6.30. The Labute approximate surface area is 171 Å². The molecule has 1 saturated heterocycles. The van der Waals surface area contributed by atoms with Gasteiger partial charge in [0.15, 0.2) is 0 Å². The third kappa shape index (κ3) is 7.71. The Kier molecular flexibility index (Phi) is 8.98. The van der Waals surface area contributed by atoms with Crippen molar-refractivity contribution in [3.05, 3.63) is 71.1 Å². The van der Waals surface area contributed by atoms with Gasteiger partial charge in [-0.3, -0.25) is 9.89 Å². The smallest absolute Gasteiger partial charge is 0.328 e. The summed E-state index contributed by atoms with van der Waals surface area (Å²) in [6.07, 6.45) is 9.19. The van der Waals surface area contributed by atoms with Gasteiger partial charge in [0, 0.05) is 30.1 Å². The summed E-state index contributed by atoms with van der Waals surface area (Å²) in [7, 11) is 0. The van der Waals surface area contributed by atoms with Crippen LogP contribution in [0.3, 0.4) is 0 Å². The lowest BCUT2D eigenvalue weighted by Gasteiger charge is -2.32. The average Bonchev–Trinajstić information content (AvgIpc) is 2.65. The number of hydrogen-bond acceptors (Lipinski definition) is 4. The van der Waals surface area contributed by atoms with Crippen molar-refractivity contribution in [1.29, 1.82) is 0 Å². The highest BCUT2D eigenvalue weighted by Crippen LogP contribution is 2.30. The first-order valence-corrected chi connectivity index (χ1v) is 9.73. The van der Waals surface area contributed by atoms with Gasteiger partial charge >= 0.3 is 5.97 Å². The monoisotopic (exact) mass is 402 g/mol. The van der Waals surface area contributed by atoms with E-state index in [1.54, 1.807) is 6.08 Å². The van der Waals surface area contributed by atoms with E-state index in [9.17, 15) is 4.79 Å². The lowest BCUT2D eigenvalue weighted by atomic mass is 9.89. The highest BCUT2D eigenvalue weighted by Gasteiger charge is 2.20. The molecule has 1 aliphatic rings. The number of halogens is 1. The number of carboxylic acids is 1. The van der Waals surface area contributed by atoms with Crippen molar-refractivity contribution < 1.29 is 14.6 Å². The zero-order valence-corrected chi connectivity index (χ0v) is 16.9. The molecule has 0 aliphatic carbocycles. The summed E-state index contributed by atoms with van der Waals surface area (Å²) < 4.78 is 5.71. The molecule has 150 valence electrons. The van der Waals surface area contributed by atoms with Gasteiger partial charge < -0.3 is 9.84 Å². The molecule has 1 aliphatic heterocycles. The van der Waals surface area contributed by atoms with E-state index in [2.05, 4.69) is 35.5 Å². The van der Waals surface area contributed by atoms with E-state index >= 15 is 0 Å². The summed E-state index contributed by atoms with van der Waals surface area (Å²) in [4.78, 5) is 16.9. The molecule has 0 radical (unpaired) electrons. The second kappa shape index (κ2) is 11.5. The average molecular weight is 403 g/mol. The normalized spacial score (nSPS) is 16.7. The van der Waals surface area contributed by atoms with Gasteiger partial charge in [-0.05, 0) is 74.2 Å². The van der Waals surface area contributed by atoms with Crippen LogP contribution in [0.2, 0.25) is 5.02 Å². The van der Waals surface area contributed by atoms with Crippen LogP contribution >= 0.6 is 11.6 Å². The third-order valence-electron chi connectivity index (χ3n) is 4.62. The fourth-order valence-electron chi connectivity index (χ4n) is 3.27. The van der Waals surface area contributed by atoms with Crippen molar-refractivity contribution in [2.24, 2.45) is 4.99 Å². The largest absolute Gasteiger partial charge is 0.492 e. The number of aryl methyl sites for hydroxylation is 1. The SMILES string of the molecule is C=CN=C/C=C(\C=C\C(=O)O)OCCN1CCC(c2cc(C)cc(Cl)c2)CC1. The molecule has 28 heavy (non-hydrogen) atoms. The molecular weight excluding hydrogens is 376 g/mol. The number of hydrogen-bond donors (Lipinski definition) is 1. The topological polar surface area (TPSA) is 62.1 Å². The summed E-state index contributed by atoms with van der Waals surface area (Å²) in [6.45, 7) is 8.85. The maximum absolute atomic E-state index is 10.7. The van der Waals surface area contributed by atoms with Crippen LogP contribution in [-0.4, -0.2) is 48.4 Å². The molecule has 0 aromatic heterocycles. The minimum Gasteiger partial charge on any atom is -0.492 e. The number of carboxylic acid groups (broad SMARTS) is 1. The molecule has 1 fully saturated rings. The van der Waals surface area contributed by atoms with E-state index in [0.29, 0.717) is 18.3 Å². The zero-order chi connectivity index (χ0) is 20.4. The molecule has 1 aromatic rings. The number of piperidine rings is 1. The first-order valence-electron chi connectivity index (χ1n) is 9.35. The van der Waals surface area contributed by atoms with E-state index in [-0.39, 0.29) is 0 Å². The molecule has 2 rings (SSSR count). The van der Waals surface area contributed by atoms with Gasteiger partial charge in [0.1, 0.15) is 12.4 Å². The van der Waals surface area contributed by atoms with E-state index in [4.69, 9.17) is 21.4 Å². The Balaban J connectivity index is 1.81. The minimum atomic E-state index is -1.02. The third-order valence-corrected chi connectivity index (χ3v) is 4.84. The second-order valence-electron chi connectivity index (χ2n) is 6.75. The Morgan fingerprint density at radius 1 is 1.36 bits per heavy atom. The number of allylic oxidation sites excluding steroid dienone is 2. The number of aliphatic carboxylic acids is 1. The Hall–Kier alpha value is -2.37. The minimum absolute atomic E-state index is 0.456. The number of nitrogens with zero attached hydrogens (tertiary/aromatic N) is 2. The van der Waals surface area contributed by atoms with Crippen molar-refractivity contribution in [3.8, 4) is 0 Å². The Morgan fingerprint density at radius 2 is 2.11 bits per heavy atom. The van der Waals surface area contributed by atoms with E-state index < -0.39 is 5.97 Å². The summed E-state index contributed by atoms with van der Waals surface area (Å²) in [5.41, 5.74) is 2.53. The lowest BCUT2D eigenvalue weighted by Crippen LogP contribution is -2.35. The van der Waals surface area contributed by atoms with Crippen LogP contribution in [0.5, 0.6) is 0 Å². The maximum atomic E-state index is 10.7. The van der Waals surface area contributed by atoms with Gasteiger partial charge in [-0.25, -0.2) is 4.79 Å². The maximum Gasteiger partial charge on any atom is 0.328 e. The Bertz CT molecular complexity index is 743.